The Morgan fingerprint density at radius 3 is 2.79 bits per heavy atom. The quantitative estimate of drug-likeness (QED) is 0.573. The van der Waals surface area contributed by atoms with E-state index in [9.17, 15) is 9.18 Å². The summed E-state index contributed by atoms with van der Waals surface area (Å²) in [6.07, 6.45) is 6.34. The van der Waals surface area contributed by atoms with Crippen molar-refractivity contribution in [2.45, 2.75) is 13.5 Å². The summed E-state index contributed by atoms with van der Waals surface area (Å²) in [6, 6.07) is 8.12. The molecular formula is C19H15FN6O2. The summed E-state index contributed by atoms with van der Waals surface area (Å²) in [7, 11) is 0. The van der Waals surface area contributed by atoms with E-state index in [0.29, 0.717) is 22.8 Å². The van der Waals surface area contributed by atoms with Crippen LogP contribution in [-0.2, 0) is 11.3 Å². The molecule has 28 heavy (non-hydrogen) atoms. The molecule has 0 fully saturated rings. The zero-order valence-corrected chi connectivity index (χ0v) is 14.8. The number of furan rings is 1. The number of halogens is 1. The minimum absolute atomic E-state index is 0.106. The number of hydrogen-bond acceptors (Lipinski definition) is 6. The maximum Gasteiger partial charge on any atom is 0.246 e. The van der Waals surface area contributed by atoms with E-state index in [1.807, 2.05) is 0 Å². The molecule has 4 rings (SSSR count). The Morgan fingerprint density at radius 1 is 1.25 bits per heavy atom. The van der Waals surface area contributed by atoms with Gasteiger partial charge < -0.3 is 9.73 Å². The van der Waals surface area contributed by atoms with Gasteiger partial charge in [0.05, 0.1) is 18.1 Å². The average Bonchev–Trinajstić information content (AvgIpc) is 3.36. The summed E-state index contributed by atoms with van der Waals surface area (Å²) in [5.41, 5.74) is 2.06. The number of carbonyl (C=O) groups excluding carboxylic acids is 1. The van der Waals surface area contributed by atoms with E-state index in [0.717, 1.165) is 5.56 Å². The lowest BCUT2D eigenvalue weighted by atomic mass is 10.2. The zero-order valence-electron chi connectivity index (χ0n) is 14.8. The number of nitrogens with zero attached hydrogens (tertiary/aromatic N) is 5. The molecule has 0 bridgehead atoms. The fraction of sp³-hybridized carbons (Fsp3) is 0.105. The second-order valence-electron chi connectivity index (χ2n) is 6.11. The van der Waals surface area contributed by atoms with Gasteiger partial charge in [-0.1, -0.05) is 11.3 Å². The number of aromatic nitrogens is 5. The van der Waals surface area contributed by atoms with E-state index in [1.54, 1.807) is 50.0 Å². The standard InChI is InChI=1S/C19H15FN6O2/c1-12-4-5-15(14(20)7-12)23-18(27)11-26-10-16(24-25-26)13-8-21-19(22-9-13)17-3-2-6-28-17/h2-10H,11H2,1H3,(H,23,27). The van der Waals surface area contributed by atoms with Crippen molar-refractivity contribution in [3.05, 3.63) is 66.6 Å². The SMILES string of the molecule is Cc1ccc(NC(=O)Cn2cc(-c3cnc(-c4ccco4)nc3)nn2)c(F)c1. The van der Waals surface area contributed by atoms with Gasteiger partial charge in [0.1, 0.15) is 18.1 Å². The van der Waals surface area contributed by atoms with Gasteiger partial charge in [0, 0.05) is 18.0 Å². The Morgan fingerprint density at radius 2 is 2.07 bits per heavy atom. The molecule has 1 N–H and O–H groups in total. The molecule has 1 amide bonds. The van der Waals surface area contributed by atoms with Crippen LogP contribution in [0.25, 0.3) is 22.8 Å². The minimum atomic E-state index is -0.485. The number of rotatable bonds is 5. The number of anilines is 1. The van der Waals surface area contributed by atoms with Crippen molar-refractivity contribution in [3.63, 3.8) is 0 Å². The van der Waals surface area contributed by atoms with Crippen LogP contribution in [0.1, 0.15) is 5.56 Å². The maximum atomic E-state index is 13.8. The second kappa shape index (κ2) is 7.39. The molecule has 3 aromatic heterocycles. The van der Waals surface area contributed by atoms with Gasteiger partial charge >= 0.3 is 0 Å². The zero-order chi connectivity index (χ0) is 19.5. The number of hydrogen-bond donors (Lipinski definition) is 1. The van der Waals surface area contributed by atoms with Crippen molar-refractivity contribution in [2.75, 3.05) is 5.32 Å². The van der Waals surface area contributed by atoms with Crippen molar-refractivity contribution in [1.82, 2.24) is 25.0 Å². The van der Waals surface area contributed by atoms with Crippen LogP contribution in [0.2, 0.25) is 0 Å². The van der Waals surface area contributed by atoms with Crippen molar-refractivity contribution >= 4 is 11.6 Å². The molecule has 0 aliphatic rings. The highest BCUT2D eigenvalue weighted by atomic mass is 19.1. The lowest BCUT2D eigenvalue weighted by Crippen LogP contribution is -2.19. The first kappa shape index (κ1) is 17.5. The van der Waals surface area contributed by atoms with Crippen LogP contribution in [-0.4, -0.2) is 30.9 Å². The first-order valence-electron chi connectivity index (χ1n) is 8.41. The molecule has 0 saturated heterocycles. The molecule has 0 radical (unpaired) electrons. The first-order chi connectivity index (χ1) is 13.6. The molecule has 3 heterocycles. The molecule has 1 aromatic carbocycles. The van der Waals surface area contributed by atoms with Crippen LogP contribution >= 0.6 is 0 Å². The van der Waals surface area contributed by atoms with Gasteiger partial charge in [0.2, 0.25) is 5.91 Å². The van der Waals surface area contributed by atoms with Crippen LogP contribution in [0, 0.1) is 12.7 Å². The predicted molar refractivity (Wildman–Crippen MR) is 98.5 cm³/mol. The van der Waals surface area contributed by atoms with Gasteiger partial charge in [0.15, 0.2) is 11.6 Å². The Labute approximate surface area is 159 Å². The van der Waals surface area contributed by atoms with Gasteiger partial charge in [-0.15, -0.1) is 5.10 Å². The Balaban J connectivity index is 1.43. The smallest absolute Gasteiger partial charge is 0.246 e. The molecule has 0 saturated carbocycles. The summed E-state index contributed by atoms with van der Waals surface area (Å²) in [4.78, 5) is 20.6. The maximum absolute atomic E-state index is 13.8. The van der Waals surface area contributed by atoms with Crippen LogP contribution in [0.5, 0.6) is 0 Å². The number of aryl methyl sites for hydroxylation is 1. The molecule has 8 nitrogen and oxygen atoms in total. The molecular weight excluding hydrogens is 363 g/mol. The van der Waals surface area contributed by atoms with Crippen molar-refractivity contribution in [1.29, 1.82) is 0 Å². The highest BCUT2D eigenvalue weighted by Gasteiger charge is 2.11. The highest BCUT2D eigenvalue weighted by molar-refractivity contribution is 5.90. The lowest BCUT2D eigenvalue weighted by molar-refractivity contribution is -0.116. The van der Waals surface area contributed by atoms with Crippen LogP contribution < -0.4 is 5.32 Å². The van der Waals surface area contributed by atoms with E-state index in [4.69, 9.17) is 4.42 Å². The van der Waals surface area contributed by atoms with Crippen LogP contribution in [0.15, 0.2) is 59.6 Å². The fourth-order valence-electron chi connectivity index (χ4n) is 2.56. The number of benzene rings is 1. The number of carbonyl (C=O) groups is 1. The van der Waals surface area contributed by atoms with Crippen molar-refractivity contribution in [3.8, 4) is 22.8 Å². The molecule has 4 aromatic rings. The van der Waals surface area contributed by atoms with Gasteiger partial charge in [-0.05, 0) is 36.8 Å². The Bertz CT molecular complexity index is 1110. The minimum Gasteiger partial charge on any atom is -0.461 e. The average molecular weight is 378 g/mol. The van der Waals surface area contributed by atoms with E-state index in [2.05, 4.69) is 25.6 Å². The van der Waals surface area contributed by atoms with Gasteiger partial charge in [-0.2, -0.15) is 0 Å². The first-order valence-corrected chi connectivity index (χ1v) is 8.41. The van der Waals surface area contributed by atoms with Gasteiger partial charge in [0.25, 0.3) is 0 Å². The summed E-state index contributed by atoms with van der Waals surface area (Å²) in [5, 5.41) is 10.5. The number of amides is 1. The molecule has 0 atom stereocenters. The summed E-state index contributed by atoms with van der Waals surface area (Å²) < 4.78 is 20.4. The molecule has 140 valence electrons. The van der Waals surface area contributed by atoms with Crippen molar-refractivity contribution in [2.24, 2.45) is 0 Å². The summed E-state index contributed by atoms with van der Waals surface area (Å²) in [6.45, 7) is 1.67. The largest absolute Gasteiger partial charge is 0.461 e. The topological polar surface area (TPSA) is 98.7 Å². The van der Waals surface area contributed by atoms with E-state index in [-0.39, 0.29) is 12.2 Å². The normalized spacial score (nSPS) is 10.8. The van der Waals surface area contributed by atoms with E-state index in [1.165, 1.54) is 16.8 Å². The third kappa shape index (κ3) is 3.78. The van der Waals surface area contributed by atoms with Crippen LogP contribution in [0.4, 0.5) is 10.1 Å². The lowest BCUT2D eigenvalue weighted by Gasteiger charge is -2.06. The molecule has 0 spiro atoms. The monoisotopic (exact) mass is 378 g/mol. The second-order valence-corrected chi connectivity index (χ2v) is 6.11. The Hall–Kier alpha value is -3.88. The molecule has 0 unspecified atom stereocenters. The molecule has 9 heteroatoms. The third-order valence-electron chi connectivity index (χ3n) is 3.93. The van der Waals surface area contributed by atoms with E-state index < -0.39 is 11.7 Å². The fourth-order valence-corrected chi connectivity index (χ4v) is 2.56. The van der Waals surface area contributed by atoms with Crippen LogP contribution in [0.3, 0.4) is 0 Å². The molecule has 0 aliphatic carbocycles. The van der Waals surface area contributed by atoms with Crippen molar-refractivity contribution < 1.29 is 13.6 Å². The molecule has 0 aliphatic heterocycles. The third-order valence-corrected chi connectivity index (χ3v) is 3.93. The highest BCUT2D eigenvalue weighted by Crippen LogP contribution is 2.19. The Kier molecular flexibility index (Phi) is 4.63. The summed E-state index contributed by atoms with van der Waals surface area (Å²) >= 11 is 0. The predicted octanol–water partition coefficient (Wildman–Crippen LogP) is 3.08. The van der Waals surface area contributed by atoms with E-state index >= 15 is 0 Å². The van der Waals surface area contributed by atoms with Gasteiger partial charge in [-0.25, -0.2) is 19.0 Å². The number of nitrogens with one attached hydrogen (secondary N) is 1. The van der Waals surface area contributed by atoms with Gasteiger partial charge in [-0.3, -0.25) is 4.79 Å². The summed E-state index contributed by atoms with van der Waals surface area (Å²) in [5.74, 6) is 0.126.